The van der Waals surface area contributed by atoms with Crippen molar-refractivity contribution < 1.29 is 19.1 Å². The summed E-state index contributed by atoms with van der Waals surface area (Å²) in [5.41, 5.74) is -0.584. The summed E-state index contributed by atoms with van der Waals surface area (Å²) in [4.78, 5) is 36.7. The van der Waals surface area contributed by atoms with E-state index in [0.717, 1.165) is 12.8 Å². The molecule has 1 heterocycles. The number of nitrogens with zero attached hydrogens (tertiary/aromatic N) is 1. The maximum atomic E-state index is 11.8. The van der Waals surface area contributed by atoms with Crippen molar-refractivity contribution in [3.63, 3.8) is 0 Å². The predicted molar refractivity (Wildman–Crippen MR) is 73.9 cm³/mol. The molecule has 0 aromatic carbocycles. The molecule has 6 nitrogen and oxygen atoms in total. The Bertz CT molecular complexity index is 387. The number of nitrogens with one attached hydrogen (secondary N) is 1. The minimum absolute atomic E-state index is 0.00341. The molecule has 1 rings (SSSR count). The Balaban J connectivity index is 2.41. The highest BCUT2D eigenvalue weighted by atomic mass is 16.6. The van der Waals surface area contributed by atoms with Crippen molar-refractivity contribution in [1.82, 2.24) is 10.2 Å². The molecule has 1 atom stereocenters. The van der Waals surface area contributed by atoms with Gasteiger partial charge in [-0.25, -0.2) is 4.79 Å². The van der Waals surface area contributed by atoms with Crippen LogP contribution in [0.3, 0.4) is 0 Å². The average molecular weight is 284 g/mol. The normalized spacial score (nSPS) is 17.6. The van der Waals surface area contributed by atoms with Crippen LogP contribution in [0.2, 0.25) is 0 Å². The quantitative estimate of drug-likeness (QED) is 0.776. The van der Waals surface area contributed by atoms with E-state index in [0.29, 0.717) is 13.0 Å². The highest BCUT2D eigenvalue weighted by molar-refractivity contribution is 5.88. The van der Waals surface area contributed by atoms with Crippen LogP contribution >= 0.6 is 0 Å². The van der Waals surface area contributed by atoms with Gasteiger partial charge in [0.25, 0.3) is 0 Å². The summed E-state index contributed by atoms with van der Waals surface area (Å²) in [7, 11) is 0. The van der Waals surface area contributed by atoms with Crippen molar-refractivity contribution in [2.45, 2.75) is 58.6 Å². The number of likely N-dealkylation sites (tertiary alicyclic amines) is 1. The molecule has 0 aromatic heterocycles. The first-order valence-corrected chi connectivity index (χ1v) is 6.99. The van der Waals surface area contributed by atoms with Gasteiger partial charge in [0.1, 0.15) is 11.6 Å². The minimum Gasteiger partial charge on any atom is -0.458 e. The molecule has 0 aliphatic carbocycles. The highest BCUT2D eigenvalue weighted by Gasteiger charge is 2.25. The van der Waals surface area contributed by atoms with E-state index in [-0.39, 0.29) is 18.4 Å². The van der Waals surface area contributed by atoms with Crippen molar-refractivity contribution >= 4 is 17.8 Å². The molecule has 0 radical (unpaired) electrons. The largest absolute Gasteiger partial charge is 0.458 e. The number of carbonyl (C=O) groups is 3. The SMILES string of the molecule is C[C@@H](NC(=O)CN1CCCCC1=O)C(=O)OC(C)(C)C. The third-order valence-corrected chi connectivity index (χ3v) is 2.89. The summed E-state index contributed by atoms with van der Waals surface area (Å²) in [6.07, 6.45) is 2.29. The maximum absolute atomic E-state index is 11.8. The number of esters is 1. The van der Waals surface area contributed by atoms with E-state index in [2.05, 4.69) is 5.32 Å². The Labute approximate surface area is 119 Å². The van der Waals surface area contributed by atoms with E-state index >= 15 is 0 Å². The molecular formula is C14H24N2O4. The fourth-order valence-corrected chi connectivity index (χ4v) is 1.94. The summed E-state index contributed by atoms with van der Waals surface area (Å²) in [5.74, 6) is -0.814. The Kier molecular flexibility index (Phi) is 5.53. The lowest BCUT2D eigenvalue weighted by Gasteiger charge is -2.27. The Morgan fingerprint density at radius 1 is 1.35 bits per heavy atom. The van der Waals surface area contributed by atoms with Crippen molar-refractivity contribution in [3.05, 3.63) is 0 Å². The van der Waals surface area contributed by atoms with Gasteiger partial charge >= 0.3 is 5.97 Å². The second-order valence-electron chi connectivity index (χ2n) is 6.10. The third-order valence-electron chi connectivity index (χ3n) is 2.89. The first-order valence-electron chi connectivity index (χ1n) is 6.99. The number of hydrogen-bond acceptors (Lipinski definition) is 4. The van der Waals surface area contributed by atoms with Gasteiger partial charge < -0.3 is 15.0 Å². The number of ether oxygens (including phenoxy) is 1. The summed E-state index contributed by atoms with van der Waals surface area (Å²) < 4.78 is 5.18. The van der Waals surface area contributed by atoms with Gasteiger partial charge in [-0.1, -0.05) is 0 Å². The highest BCUT2D eigenvalue weighted by Crippen LogP contribution is 2.10. The van der Waals surface area contributed by atoms with Crippen molar-refractivity contribution in [2.24, 2.45) is 0 Å². The van der Waals surface area contributed by atoms with E-state index in [4.69, 9.17) is 4.74 Å². The third kappa shape index (κ3) is 5.59. The van der Waals surface area contributed by atoms with Crippen LogP contribution in [-0.2, 0) is 19.1 Å². The van der Waals surface area contributed by atoms with Crippen LogP contribution in [0.5, 0.6) is 0 Å². The lowest BCUT2D eigenvalue weighted by atomic mass is 10.1. The molecule has 0 unspecified atom stereocenters. The van der Waals surface area contributed by atoms with Crippen LogP contribution in [0.4, 0.5) is 0 Å². The predicted octanol–water partition coefficient (Wildman–Crippen LogP) is 0.845. The Morgan fingerprint density at radius 3 is 2.55 bits per heavy atom. The van der Waals surface area contributed by atoms with Crippen LogP contribution in [0.25, 0.3) is 0 Å². The molecule has 1 saturated heterocycles. The van der Waals surface area contributed by atoms with E-state index in [9.17, 15) is 14.4 Å². The summed E-state index contributed by atoms with van der Waals surface area (Å²) in [6.45, 7) is 7.49. The van der Waals surface area contributed by atoms with Crippen LogP contribution in [0.1, 0.15) is 47.0 Å². The zero-order valence-corrected chi connectivity index (χ0v) is 12.7. The number of piperidine rings is 1. The van der Waals surface area contributed by atoms with Crippen LogP contribution in [0.15, 0.2) is 0 Å². The molecular weight excluding hydrogens is 260 g/mol. The molecule has 1 aliphatic rings. The summed E-state index contributed by atoms with van der Waals surface area (Å²) >= 11 is 0. The monoisotopic (exact) mass is 284 g/mol. The van der Waals surface area contributed by atoms with Crippen LogP contribution < -0.4 is 5.32 Å². The first-order chi connectivity index (χ1) is 9.19. The molecule has 20 heavy (non-hydrogen) atoms. The lowest BCUT2D eigenvalue weighted by molar-refractivity contribution is -0.158. The topological polar surface area (TPSA) is 75.7 Å². The van der Waals surface area contributed by atoms with Gasteiger partial charge in [-0.2, -0.15) is 0 Å². The van der Waals surface area contributed by atoms with E-state index in [1.165, 1.54) is 4.90 Å². The van der Waals surface area contributed by atoms with Crippen LogP contribution in [0, 0.1) is 0 Å². The van der Waals surface area contributed by atoms with Gasteiger partial charge in [-0.15, -0.1) is 0 Å². The molecule has 2 amide bonds. The molecule has 0 spiro atoms. The zero-order valence-electron chi connectivity index (χ0n) is 12.7. The second kappa shape index (κ2) is 6.72. The zero-order chi connectivity index (χ0) is 15.3. The molecule has 6 heteroatoms. The molecule has 1 N–H and O–H groups in total. The number of rotatable bonds is 4. The lowest BCUT2D eigenvalue weighted by Crippen LogP contribution is -2.48. The average Bonchev–Trinajstić information content (AvgIpc) is 2.29. The van der Waals surface area contributed by atoms with Gasteiger partial charge in [0.05, 0.1) is 6.54 Å². The van der Waals surface area contributed by atoms with Gasteiger partial charge in [0.2, 0.25) is 11.8 Å². The number of carbonyl (C=O) groups excluding carboxylic acids is 3. The molecule has 0 bridgehead atoms. The van der Waals surface area contributed by atoms with E-state index in [1.54, 1.807) is 27.7 Å². The molecule has 0 aromatic rings. The Morgan fingerprint density at radius 2 is 2.00 bits per heavy atom. The fraction of sp³-hybridized carbons (Fsp3) is 0.786. The van der Waals surface area contributed by atoms with Crippen molar-refractivity contribution in [3.8, 4) is 0 Å². The molecule has 114 valence electrons. The smallest absolute Gasteiger partial charge is 0.328 e. The van der Waals surface area contributed by atoms with Gasteiger partial charge in [-0.05, 0) is 40.5 Å². The maximum Gasteiger partial charge on any atom is 0.328 e. The second-order valence-corrected chi connectivity index (χ2v) is 6.10. The molecule has 0 saturated carbocycles. The van der Waals surface area contributed by atoms with Gasteiger partial charge in [0, 0.05) is 13.0 Å². The van der Waals surface area contributed by atoms with Crippen molar-refractivity contribution in [2.75, 3.05) is 13.1 Å². The Hall–Kier alpha value is -1.59. The standard InChI is InChI=1S/C14H24N2O4/c1-10(13(19)20-14(2,3)4)15-11(17)9-16-8-6-5-7-12(16)18/h10H,5-9H2,1-4H3,(H,15,17)/t10-/m1/s1. The van der Waals surface area contributed by atoms with Gasteiger partial charge in [-0.3, -0.25) is 9.59 Å². The molecule has 1 fully saturated rings. The molecule has 1 aliphatic heterocycles. The number of hydrogen-bond donors (Lipinski definition) is 1. The van der Waals surface area contributed by atoms with Crippen molar-refractivity contribution in [1.29, 1.82) is 0 Å². The summed E-state index contributed by atoms with van der Waals surface area (Å²) in [5, 5.41) is 2.56. The number of amides is 2. The minimum atomic E-state index is -0.721. The first kappa shape index (κ1) is 16.5. The summed E-state index contributed by atoms with van der Waals surface area (Å²) in [6, 6.07) is -0.721. The van der Waals surface area contributed by atoms with Crippen LogP contribution in [-0.4, -0.2) is 47.4 Å². The van der Waals surface area contributed by atoms with E-state index in [1.807, 2.05) is 0 Å². The van der Waals surface area contributed by atoms with E-state index < -0.39 is 17.6 Å². The fourth-order valence-electron chi connectivity index (χ4n) is 1.94. The van der Waals surface area contributed by atoms with Gasteiger partial charge in [0.15, 0.2) is 0 Å².